The summed E-state index contributed by atoms with van der Waals surface area (Å²) in [6.45, 7) is 0.506. The maximum atomic E-state index is 12.0. The molecule has 0 radical (unpaired) electrons. The largest absolute Gasteiger partial charge is 0.383 e. The Labute approximate surface area is 159 Å². The number of aliphatic hydroxyl groups excluding tert-OH is 1. The lowest BCUT2D eigenvalue weighted by Crippen LogP contribution is -2.24. The van der Waals surface area contributed by atoms with Crippen LogP contribution in [0.3, 0.4) is 0 Å². The van der Waals surface area contributed by atoms with E-state index in [2.05, 4.69) is 17.4 Å². The van der Waals surface area contributed by atoms with Gasteiger partial charge in [0.15, 0.2) is 0 Å². The van der Waals surface area contributed by atoms with Crippen molar-refractivity contribution in [2.75, 3.05) is 5.75 Å². The van der Waals surface area contributed by atoms with Crippen molar-refractivity contribution in [3.63, 3.8) is 0 Å². The lowest BCUT2D eigenvalue weighted by molar-refractivity contribution is -0.118. The summed E-state index contributed by atoms with van der Waals surface area (Å²) in [5, 5.41) is 17.2. The molecule has 130 valence electrons. The molecule has 1 aromatic carbocycles. The fourth-order valence-corrected chi connectivity index (χ4v) is 4.77. The average molecular weight is 390 g/mol. The highest BCUT2D eigenvalue weighted by Gasteiger charge is 2.13. The average Bonchev–Trinajstić information content (AvgIpc) is 3.32. The van der Waals surface area contributed by atoms with E-state index in [9.17, 15) is 9.90 Å². The third-order valence-corrected chi connectivity index (χ3v) is 6.46. The highest BCUT2D eigenvalue weighted by atomic mass is 32.2. The van der Waals surface area contributed by atoms with Gasteiger partial charge < -0.3 is 10.4 Å². The van der Waals surface area contributed by atoms with Crippen molar-refractivity contribution < 1.29 is 9.90 Å². The van der Waals surface area contributed by atoms with Crippen LogP contribution in [-0.4, -0.2) is 16.8 Å². The molecule has 0 saturated heterocycles. The zero-order valence-electron chi connectivity index (χ0n) is 13.6. The predicted molar refractivity (Wildman–Crippen MR) is 107 cm³/mol. The number of nitrogens with one attached hydrogen (secondary N) is 1. The molecule has 0 bridgehead atoms. The van der Waals surface area contributed by atoms with Gasteiger partial charge in [-0.05, 0) is 40.1 Å². The van der Waals surface area contributed by atoms with E-state index >= 15 is 0 Å². The van der Waals surface area contributed by atoms with Crippen LogP contribution in [0.2, 0.25) is 0 Å². The molecule has 0 aliphatic carbocycles. The van der Waals surface area contributed by atoms with Crippen LogP contribution in [-0.2, 0) is 17.1 Å². The van der Waals surface area contributed by atoms with Gasteiger partial charge in [-0.3, -0.25) is 4.79 Å². The molecule has 1 amide bonds. The van der Waals surface area contributed by atoms with Crippen molar-refractivity contribution in [2.24, 2.45) is 0 Å². The van der Waals surface area contributed by atoms with Crippen molar-refractivity contribution in [1.29, 1.82) is 0 Å². The molecule has 0 spiro atoms. The van der Waals surface area contributed by atoms with Gasteiger partial charge >= 0.3 is 0 Å². The summed E-state index contributed by atoms with van der Waals surface area (Å²) in [6.07, 6.45) is -0.581. The second kappa shape index (κ2) is 9.20. The van der Waals surface area contributed by atoms with Crippen molar-refractivity contribution in [3.05, 3.63) is 80.2 Å². The maximum Gasteiger partial charge on any atom is 0.230 e. The summed E-state index contributed by atoms with van der Waals surface area (Å²) in [5.74, 6) is 1.32. The van der Waals surface area contributed by atoms with E-state index in [1.807, 2.05) is 47.2 Å². The number of hydrogen-bond donors (Lipinski definition) is 2. The van der Waals surface area contributed by atoms with E-state index in [0.29, 0.717) is 12.3 Å². The summed E-state index contributed by atoms with van der Waals surface area (Å²) in [5.41, 5.74) is 2.14. The Morgan fingerprint density at radius 1 is 1.16 bits per heavy atom. The highest BCUT2D eigenvalue weighted by molar-refractivity contribution is 7.99. The van der Waals surface area contributed by atoms with E-state index in [0.717, 1.165) is 21.1 Å². The summed E-state index contributed by atoms with van der Waals surface area (Å²) in [7, 11) is 0. The zero-order chi connectivity index (χ0) is 17.5. The lowest BCUT2D eigenvalue weighted by Gasteiger charge is -2.06. The molecule has 0 saturated carbocycles. The first kappa shape index (κ1) is 18.2. The van der Waals surface area contributed by atoms with Crippen molar-refractivity contribution in [3.8, 4) is 0 Å². The minimum Gasteiger partial charge on any atom is -0.383 e. The van der Waals surface area contributed by atoms with Crippen molar-refractivity contribution in [1.82, 2.24) is 5.32 Å². The summed E-state index contributed by atoms with van der Waals surface area (Å²) >= 11 is 4.72. The van der Waals surface area contributed by atoms with Crippen LogP contribution in [0, 0.1) is 0 Å². The minimum absolute atomic E-state index is 0.0364. The molecular weight excluding hydrogens is 370 g/mol. The lowest BCUT2D eigenvalue weighted by atomic mass is 10.2. The number of carbonyl (C=O) groups is 1. The predicted octanol–water partition coefficient (Wildman–Crippen LogP) is 4.44. The molecule has 0 aliphatic heterocycles. The molecule has 0 aliphatic rings. The Hall–Kier alpha value is -1.60. The summed E-state index contributed by atoms with van der Waals surface area (Å²) in [4.78, 5) is 13.9. The number of aliphatic hydroxyl groups is 1. The van der Waals surface area contributed by atoms with Crippen LogP contribution in [0.5, 0.6) is 0 Å². The van der Waals surface area contributed by atoms with Gasteiger partial charge in [-0.1, -0.05) is 30.3 Å². The zero-order valence-corrected chi connectivity index (χ0v) is 16.0. The van der Waals surface area contributed by atoms with Crippen LogP contribution in [0.15, 0.2) is 59.3 Å². The van der Waals surface area contributed by atoms with Crippen LogP contribution < -0.4 is 5.32 Å². The Kier molecular flexibility index (Phi) is 6.69. The molecule has 3 rings (SSSR count). The first-order valence-electron chi connectivity index (χ1n) is 7.89. The second-order valence-corrected chi connectivity index (χ2v) is 8.48. The molecule has 2 heterocycles. The Bertz CT molecular complexity index is 784. The maximum absolute atomic E-state index is 12.0. The van der Waals surface area contributed by atoms with Gasteiger partial charge in [0.1, 0.15) is 6.10 Å². The minimum atomic E-state index is -0.581. The molecule has 3 aromatic rings. The van der Waals surface area contributed by atoms with E-state index in [1.165, 1.54) is 16.9 Å². The topological polar surface area (TPSA) is 49.3 Å². The second-order valence-electron chi connectivity index (χ2n) is 5.52. The first-order chi connectivity index (χ1) is 12.2. The SMILES string of the molecule is O=C(CSCc1ccccc1)NCc1ccc(C(O)c2ccsc2)s1. The smallest absolute Gasteiger partial charge is 0.230 e. The van der Waals surface area contributed by atoms with Gasteiger partial charge in [-0.25, -0.2) is 0 Å². The third-order valence-electron chi connectivity index (χ3n) is 3.62. The van der Waals surface area contributed by atoms with E-state index < -0.39 is 6.10 Å². The normalized spacial score (nSPS) is 12.0. The van der Waals surface area contributed by atoms with Crippen LogP contribution in [0.4, 0.5) is 0 Å². The molecule has 2 N–H and O–H groups in total. The van der Waals surface area contributed by atoms with Gasteiger partial charge in [0.05, 0.1) is 12.3 Å². The van der Waals surface area contributed by atoms with Crippen LogP contribution >= 0.6 is 34.4 Å². The number of rotatable bonds is 8. The molecule has 2 aromatic heterocycles. The fourth-order valence-electron chi connectivity index (χ4n) is 2.30. The highest BCUT2D eigenvalue weighted by Crippen LogP contribution is 2.29. The Morgan fingerprint density at radius 3 is 2.76 bits per heavy atom. The van der Waals surface area contributed by atoms with Crippen molar-refractivity contribution >= 4 is 40.3 Å². The number of benzene rings is 1. The third kappa shape index (κ3) is 5.44. The van der Waals surface area contributed by atoms with Crippen LogP contribution in [0.1, 0.15) is 27.0 Å². The van der Waals surface area contributed by atoms with Gasteiger partial charge in [-0.15, -0.1) is 23.1 Å². The number of thiophene rings is 2. The standard InChI is InChI=1S/C19H19NO2S3/c21-18(13-24-11-14-4-2-1-3-5-14)20-10-16-6-7-17(25-16)19(22)15-8-9-23-12-15/h1-9,12,19,22H,10-11,13H2,(H,20,21). The van der Waals surface area contributed by atoms with Gasteiger partial charge in [-0.2, -0.15) is 11.3 Å². The Balaban J connectivity index is 1.42. The van der Waals surface area contributed by atoms with Crippen molar-refractivity contribution in [2.45, 2.75) is 18.4 Å². The Morgan fingerprint density at radius 2 is 2.00 bits per heavy atom. The molecule has 0 fully saturated rings. The first-order valence-corrected chi connectivity index (χ1v) is 10.8. The monoisotopic (exact) mass is 389 g/mol. The fraction of sp³-hybridized carbons (Fsp3) is 0.211. The molecule has 1 unspecified atom stereocenters. The summed E-state index contributed by atoms with van der Waals surface area (Å²) < 4.78 is 0. The number of amides is 1. The van der Waals surface area contributed by atoms with E-state index in [1.54, 1.807) is 23.1 Å². The van der Waals surface area contributed by atoms with Gasteiger partial charge in [0, 0.05) is 15.5 Å². The van der Waals surface area contributed by atoms with E-state index in [4.69, 9.17) is 0 Å². The van der Waals surface area contributed by atoms with Gasteiger partial charge in [0.2, 0.25) is 5.91 Å². The van der Waals surface area contributed by atoms with Gasteiger partial charge in [0.25, 0.3) is 0 Å². The van der Waals surface area contributed by atoms with E-state index in [-0.39, 0.29) is 5.91 Å². The molecule has 6 heteroatoms. The summed E-state index contributed by atoms with van der Waals surface area (Å²) in [6, 6.07) is 16.0. The molecule has 3 nitrogen and oxygen atoms in total. The van der Waals surface area contributed by atoms with Crippen LogP contribution in [0.25, 0.3) is 0 Å². The molecule has 1 atom stereocenters. The number of hydrogen-bond acceptors (Lipinski definition) is 5. The quantitative estimate of drug-likeness (QED) is 0.599. The number of carbonyl (C=O) groups excluding carboxylic acids is 1. The number of thioether (sulfide) groups is 1. The molecule has 25 heavy (non-hydrogen) atoms. The molecular formula is C19H19NO2S3.